The summed E-state index contributed by atoms with van der Waals surface area (Å²) in [7, 11) is 5.97. The molecule has 0 N–H and O–H groups in total. The first-order chi connectivity index (χ1) is 57.9. The summed E-state index contributed by atoms with van der Waals surface area (Å²) < 4.78 is 0. The maximum atomic E-state index is 11.2. The number of nitrogens with zero attached hydrogens (tertiary/aromatic N) is 9. The third-order valence-corrected chi connectivity index (χ3v) is 21.3. The van der Waals surface area contributed by atoms with Crippen LogP contribution in [0, 0.1) is 32.8 Å². The summed E-state index contributed by atoms with van der Waals surface area (Å²) >= 11 is 0. The third kappa shape index (κ3) is 17.3. The molecule has 0 radical (unpaired) electrons. The van der Waals surface area contributed by atoms with Crippen LogP contribution in [-0.4, -0.2) is 26.1 Å². The van der Waals surface area contributed by atoms with Crippen molar-refractivity contribution in [3.05, 3.63) is 458 Å². The van der Waals surface area contributed by atoms with Gasteiger partial charge in [0.25, 0.3) is 5.69 Å². The number of nitriles is 2. The van der Waals surface area contributed by atoms with Crippen LogP contribution in [-0.2, 0) is 0 Å². The standard InChI is InChI=1S/2C36H27N3.C35H27N3O2/c1-38(35-13-7-8-27(24-35)26-37)32-19-14-29(15-20-32)30-16-21-34(22-17-30)39(33-11-3-2-4-12-33)36-23-18-28-9-5-6-10-31(28)25-36;1-38(32-18-11-27(26-37)12-19-32)33-20-13-29(14-21-33)30-15-22-35(23-16-30)39(34-9-3-2-4-10-34)36-24-17-28-7-5-6-8-31(28)25-36;1-36(33-12-7-13-35(25-33)38(39)40)30-19-14-27(15-20-30)28-16-21-32(22-17-28)37(31-10-3-2-4-11-31)34-23-18-26-8-5-6-9-29(26)24-34/h2*2-25H,1H3;2-25H,1H3. The van der Waals surface area contributed by atoms with Crippen molar-refractivity contribution in [2.24, 2.45) is 0 Å². The fourth-order valence-electron chi connectivity index (χ4n) is 14.9. The quantitative estimate of drug-likeness (QED) is 0.0573. The molecule has 566 valence electrons. The van der Waals surface area contributed by atoms with Crippen LogP contribution in [0.25, 0.3) is 65.7 Å². The average Bonchev–Trinajstić information content (AvgIpc) is 0.796. The van der Waals surface area contributed by atoms with Gasteiger partial charge in [0.1, 0.15) is 0 Å². The van der Waals surface area contributed by atoms with Crippen LogP contribution in [0.5, 0.6) is 0 Å². The zero-order chi connectivity index (χ0) is 80.7. The molecule has 0 fully saturated rings. The fraction of sp³-hybridized carbons (Fsp3) is 0.0280. The Morgan fingerprint density at radius 1 is 0.212 bits per heavy atom. The van der Waals surface area contributed by atoms with Crippen LogP contribution < -0.4 is 29.4 Å². The molecule has 0 unspecified atom stereocenters. The zero-order valence-corrected chi connectivity index (χ0v) is 65.4. The molecule has 0 bridgehead atoms. The molecule has 18 aromatic carbocycles. The Bertz CT molecular complexity index is 6580. The lowest BCUT2D eigenvalue weighted by Crippen LogP contribution is -2.09. The molecular formula is C107H81N9O2. The number of fused-ring (bicyclic) bond motifs is 3. The van der Waals surface area contributed by atoms with Gasteiger partial charge in [-0.25, -0.2) is 0 Å². The van der Waals surface area contributed by atoms with Gasteiger partial charge >= 0.3 is 0 Å². The van der Waals surface area contributed by atoms with Crippen LogP contribution in [0.4, 0.5) is 91.0 Å². The van der Waals surface area contributed by atoms with Crippen LogP contribution in [0.2, 0.25) is 0 Å². The van der Waals surface area contributed by atoms with Crippen molar-refractivity contribution in [2.75, 3.05) is 50.5 Å². The van der Waals surface area contributed by atoms with Crippen molar-refractivity contribution in [1.29, 1.82) is 10.5 Å². The van der Waals surface area contributed by atoms with Crippen molar-refractivity contribution in [2.45, 2.75) is 0 Å². The van der Waals surface area contributed by atoms with Crippen LogP contribution >= 0.6 is 0 Å². The number of nitro benzene ring substituents is 1. The van der Waals surface area contributed by atoms with Crippen molar-refractivity contribution in [3.63, 3.8) is 0 Å². The molecule has 0 atom stereocenters. The normalized spacial score (nSPS) is 10.7. The predicted octanol–water partition coefficient (Wildman–Crippen LogP) is 28.9. The summed E-state index contributed by atoms with van der Waals surface area (Å²) in [6.07, 6.45) is 0. The summed E-state index contributed by atoms with van der Waals surface area (Å²) in [6, 6.07) is 154. The van der Waals surface area contributed by atoms with Gasteiger partial charge in [-0.2, -0.15) is 10.5 Å². The maximum absolute atomic E-state index is 11.2. The van der Waals surface area contributed by atoms with Gasteiger partial charge in [-0.3, -0.25) is 10.1 Å². The van der Waals surface area contributed by atoms with E-state index in [-0.39, 0.29) is 10.6 Å². The van der Waals surface area contributed by atoms with Crippen molar-refractivity contribution < 1.29 is 4.92 Å². The molecule has 0 saturated carbocycles. The van der Waals surface area contributed by atoms with E-state index in [1.807, 2.05) is 111 Å². The number of hydrogen-bond donors (Lipinski definition) is 0. The lowest BCUT2D eigenvalue weighted by molar-refractivity contribution is -0.384. The second-order valence-corrected chi connectivity index (χ2v) is 28.7. The monoisotopic (exact) mass is 1520 g/mol. The number of para-hydroxylation sites is 3. The van der Waals surface area contributed by atoms with Crippen molar-refractivity contribution in [3.8, 4) is 45.5 Å². The molecule has 0 saturated heterocycles. The second-order valence-electron chi connectivity index (χ2n) is 28.7. The van der Waals surface area contributed by atoms with Gasteiger partial charge in [-0.05, 0) is 260 Å². The largest absolute Gasteiger partial charge is 0.345 e. The van der Waals surface area contributed by atoms with E-state index in [2.05, 4.69) is 370 Å². The molecule has 0 aliphatic rings. The Kier molecular flexibility index (Phi) is 22.7. The van der Waals surface area contributed by atoms with E-state index in [1.54, 1.807) is 12.1 Å². The van der Waals surface area contributed by atoms with Crippen LogP contribution in [0.3, 0.4) is 0 Å². The minimum absolute atomic E-state index is 0.0781. The average molecular weight is 1520 g/mol. The summed E-state index contributed by atoms with van der Waals surface area (Å²) in [4.78, 5) is 23.8. The van der Waals surface area contributed by atoms with Gasteiger partial charge in [0, 0.05) is 119 Å². The lowest BCUT2D eigenvalue weighted by Gasteiger charge is -2.26. The maximum Gasteiger partial charge on any atom is 0.271 e. The first-order valence-electron chi connectivity index (χ1n) is 39.1. The summed E-state index contributed by atoms with van der Waals surface area (Å²) in [5, 5.41) is 36.8. The molecule has 11 nitrogen and oxygen atoms in total. The number of anilines is 15. The molecule has 0 aromatic heterocycles. The van der Waals surface area contributed by atoms with E-state index in [0.29, 0.717) is 11.1 Å². The first-order valence-corrected chi connectivity index (χ1v) is 39.1. The van der Waals surface area contributed by atoms with Gasteiger partial charge in [0.05, 0.1) is 28.2 Å². The second kappa shape index (κ2) is 35.3. The SMILES string of the molecule is CN(c1ccc(-c2ccc(N(c3ccccc3)c3ccc4ccccc4c3)cc2)cc1)c1cccc(C#N)c1.CN(c1ccc(-c2ccc(N(c3ccccc3)c3ccc4ccccc4c3)cc2)cc1)c1cccc([N+](=O)[O-])c1.CN(c1ccc(C#N)cc1)c1ccc(-c2ccc(N(c3ccccc3)c3ccc4ccccc4c3)cc2)cc1. The van der Waals surface area contributed by atoms with Crippen molar-refractivity contribution >= 4 is 123 Å². The zero-order valence-electron chi connectivity index (χ0n) is 65.4. The molecule has 118 heavy (non-hydrogen) atoms. The number of nitro groups is 1. The minimum Gasteiger partial charge on any atom is -0.345 e. The molecule has 11 heteroatoms. The molecular weight excluding hydrogens is 1440 g/mol. The Hall–Kier alpha value is -16.1. The van der Waals surface area contributed by atoms with Gasteiger partial charge in [-0.15, -0.1) is 0 Å². The molecule has 0 heterocycles. The smallest absolute Gasteiger partial charge is 0.271 e. The Morgan fingerprint density at radius 2 is 0.449 bits per heavy atom. The number of benzene rings is 18. The van der Waals surface area contributed by atoms with Crippen molar-refractivity contribution in [1.82, 2.24) is 0 Å². The summed E-state index contributed by atoms with van der Waals surface area (Å²) in [6.45, 7) is 0. The third-order valence-electron chi connectivity index (χ3n) is 21.3. The topological polar surface area (TPSA) is 110 Å². The van der Waals surface area contributed by atoms with Gasteiger partial charge in [-0.1, -0.05) is 231 Å². The number of rotatable bonds is 19. The fourth-order valence-corrected chi connectivity index (χ4v) is 14.9. The highest BCUT2D eigenvalue weighted by Crippen LogP contribution is 2.42. The number of hydrogen-bond acceptors (Lipinski definition) is 10. The van der Waals surface area contributed by atoms with Crippen LogP contribution in [0.15, 0.2) is 437 Å². The molecule has 0 aliphatic carbocycles. The van der Waals surface area contributed by atoms with E-state index in [1.165, 1.54) is 38.4 Å². The van der Waals surface area contributed by atoms with Gasteiger partial charge in [0.2, 0.25) is 0 Å². The molecule has 18 rings (SSSR count). The highest BCUT2D eigenvalue weighted by atomic mass is 16.6. The van der Waals surface area contributed by atoms with E-state index >= 15 is 0 Å². The van der Waals surface area contributed by atoms with Gasteiger partial charge in [0.15, 0.2) is 0 Å². The molecule has 0 aliphatic heterocycles. The van der Waals surface area contributed by atoms with E-state index < -0.39 is 0 Å². The highest BCUT2D eigenvalue weighted by molar-refractivity contribution is 5.93. The minimum atomic E-state index is -0.372. The van der Waals surface area contributed by atoms with E-state index in [0.717, 1.165) is 119 Å². The number of non-ortho nitro benzene ring substituents is 1. The summed E-state index contributed by atoms with van der Waals surface area (Å²) in [5.41, 5.74) is 24.1. The first kappa shape index (κ1) is 75.9. The van der Waals surface area contributed by atoms with E-state index in [4.69, 9.17) is 5.26 Å². The molecule has 18 aromatic rings. The predicted molar refractivity (Wildman–Crippen MR) is 492 cm³/mol. The van der Waals surface area contributed by atoms with Gasteiger partial charge < -0.3 is 29.4 Å². The van der Waals surface area contributed by atoms with E-state index in [9.17, 15) is 15.4 Å². The Morgan fingerprint density at radius 3 is 0.754 bits per heavy atom. The molecule has 0 spiro atoms. The molecule has 0 amide bonds. The lowest BCUT2D eigenvalue weighted by atomic mass is 10.0. The van der Waals surface area contributed by atoms with Crippen LogP contribution in [0.1, 0.15) is 11.1 Å². The Balaban J connectivity index is 0.000000132. The highest BCUT2D eigenvalue weighted by Gasteiger charge is 2.19. The Labute approximate surface area is 688 Å². The summed E-state index contributed by atoms with van der Waals surface area (Å²) in [5.74, 6) is 0.